The van der Waals surface area contributed by atoms with Crippen LogP contribution in [0.5, 0.6) is 0 Å². The van der Waals surface area contributed by atoms with Gasteiger partial charge in [-0.2, -0.15) is 5.10 Å². The van der Waals surface area contributed by atoms with Crippen LogP contribution in [0, 0.1) is 27.2 Å². The second-order valence-electron chi connectivity index (χ2n) is 8.31. The third kappa shape index (κ3) is 4.67. The van der Waals surface area contributed by atoms with Crippen molar-refractivity contribution in [1.29, 1.82) is 0 Å². The lowest BCUT2D eigenvalue weighted by molar-refractivity contribution is -0.385. The molecule has 0 saturated carbocycles. The first kappa shape index (κ1) is 23.8. The molecule has 0 aliphatic rings. The van der Waals surface area contributed by atoms with Crippen LogP contribution in [0.15, 0.2) is 77.9 Å². The molecule has 0 saturated heterocycles. The topological polar surface area (TPSA) is 133 Å². The summed E-state index contributed by atoms with van der Waals surface area (Å²) in [6, 6.07) is 20.3. The number of thiophene rings is 1. The van der Waals surface area contributed by atoms with Gasteiger partial charge in [0.15, 0.2) is 0 Å². The van der Waals surface area contributed by atoms with E-state index in [0.29, 0.717) is 16.8 Å². The van der Waals surface area contributed by atoms with E-state index in [2.05, 4.69) is 15.1 Å². The first-order valence-corrected chi connectivity index (χ1v) is 12.0. The number of hydrogen-bond donors (Lipinski definition) is 1. The number of hydrazone groups is 1. The fraction of sp³-hybridized carbons (Fsp3) is 0.0769. The number of nitrogens with one attached hydrogen (secondary N) is 1. The lowest BCUT2D eigenvalue weighted by Gasteiger charge is -2.08. The molecule has 0 unspecified atom stereocenters. The number of fused-ring (bicyclic) bond motifs is 2. The number of carbonyl (C=O) groups excluding carboxylic acids is 1. The van der Waals surface area contributed by atoms with Crippen molar-refractivity contribution in [2.24, 2.45) is 5.10 Å². The van der Waals surface area contributed by atoms with E-state index in [4.69, 9.17) is 0 Å². The third-order valence-electron chi connectivity index (χ3n) is 6.06. The summed E-state index contributed by atoms with van der Waals surface area (Å²) in [4.78, 5) is 34.2. The van der Waals surface area contributed by atoms with Crippen LogP contribution >= 0.6 is 11.3 Å². The Morgan fingerprint density at radius 2 is 1.70 bits per heavy atom. The molecule has 2 aromatic heterocycles. The van der Waals surface area contributed by atoms with Crippen LogP contribution in [0.4, 0.5) is 11.4 Å². The summed E-state index contributed by atoms with van der Waals surface area (Å²) in [5.74, 6) is -0.410. The van der Waals surface area contributed by atoms with Crippen molar-refractivity contribution >= 4 is 55.8 Å². The minimum atomic E-state index is -0.471. The van der Waals surface area contributed by atoms with Gasteiger partial charge in [0.25, 0.3) is 17.3 Å². The van der Waals surface area contributed by atoms with Gasteiger partial charge >= 0.3 is 0 Å². The molecule has 5 rings (SSSR count). The third-order valence-corrected chi connectivity index (χ3v) is 7.18. The number of nitro groups is 2. The van der Waals surface area contributed by atoms with Crippen LogP contribution in [-0.2, 0) is 6.54 Å². The Bertz CT molecular complexity index is 1720. The Balaban J connectivity index is 1.39. The normalized spacial score (nSPS) is 11.4. The number of non-ortho nitro benzene ring substituents is 2. The number of rotatable bonds is 7. The molecule has 0 atom stereocenters. The van der Waals surface area contributed by atoms with Crippen molar-refractivity contribution in [3.05, 3.63) is 115 Å². The number of para-hydroxylation sites is 1. The molecule has 3 aromatic carbocycles. The van der Waals surface area contributed by atoms with Crippen molar-refractivity contribution in [3.8, 4) is 0 Å². The highest BCUT2D eigenvalue weighted by Crippen LogP contribution is 2.29. The van der Waals surface area contributed by atoms with Crippen molar-refractivity contribution in [2.45, 2.75) is 13.5 Å². The average molecular weight is 514 g/mol. The summed E-state index contributed by atoms with van der Waals surface area (Å²) >= 11 is 1.23. The van der Waals surface area contributed by atoms with Gasteiger partial charge in [-0.25, -0.2) is 5.43 Å². The second kappa shape index (κ2) is 9.63. The van der Waals surface area contributed by atoms with E-state index < -0.39 is 15.8 Å². The predicted octanol–water partition coefficient (Wildman–Crippen LogP) is 5.79. The summed E-state index contributed by atoms with van der Waals surface area (Å²) in [5.41, 5.74) is 6.20. The van der Waals surface area contributed by atoms with Gasteiger partial charge in [-0.1, -0.05) is 30.3 Å². The molecule has 1 N–H and O–H groups in total. The lowest BCUT2D eigenvalue weighted by Crippen LogP contribution is -2.16. The van der Waals surface area contributed by atoms with Crippen LogP contribution in [0.25, 0.3) is 21.0 Å². The summed E-state index contributed by atoms with van der Waals surface area (Å²) in [6.45, 7) is 2.46. The van der Waals surface area contributed by atoms with Gasteiger partial charge in [0.1, 0.15) is 0 Å². The Labute approximate surface area is 213 Å². The first-order chi connectivity index (χ1) is 17.8. The van der Waals surface area contributed by atoms with E-state index in [1.165, 1.54) is 35.6 Å². The Morgan fingerprint density at radius 3 is 2.43 bits per heavy atom. The van der Waals surface area contributed by atoms with Crippen LogP contribution in [0.1, 0.15) is 26.5 Å². The highest BCUT2D eigenvalue weighted by Gasteiger charge is 2.15. The zero-order valence-electron chi connectivity index (χ0n) is 19.5. The molecule has 37 heavy (non-hydrogen) atoms. The van der Waals surface area contributed by atoms with Gasteiger partial charge in [0, 0.05) is 63.1 Å². The van der Waals surface area contributed by atoms with E-state index in [1.807, 2.05) is 31.2 Å². The summed E-state index contributed by atoms with van der Waals surface area (Å²) in [6.07, 6.45) is 1.60. The standard InChI is InChI=1S/C26H19N5O5S/c1-16-22(14-27-28-26(32)25-13-18-12-20(31(35)36)10-11-24(18)37-25)21-4-2-3-5-23(21)29(16)15-17-6-8-19(9-7-17)30(33)34/h2-14H,15H2,1H3,(H,28,32)/b27-14-. The molecule has 184 valence electrons. The zero-order chi connectivity index (χ0) is 26.1. The minimum Gasteiger partial charge on any atom is -0.340 e. The van der Waals surface area contributed by atoms with E-state index in [0.717, 1.165) is 32.4 Å². The molecular formula is C26H19N5O5S. The fourth-order valence-corrected chi connectivity index (χ4v) is 5.13. The minimum absolute atomic E-state index is 0.0316. The van der Waals surface area contributed by atoms with Crippen molar-refractivity contribution in [3.63, 3.8) is 0 Å². The second-order valence-corrected chi connectivity index (χ2v) is 9.40. The quantitative estimate of drug-likeness (QED) is 0.167. The van der Waals surface area contributed by atoms with Crippen LogP contribution in [0.3, 0.4) is 0 Å². The molecule has 11 heteroatoms. The Kier molecular flexibility index (Phi) is 6.20. The maximum Gasteiger partial charge on any atom is 0.281 e. The van der Waals surface area contributed by atoms with Crippen LogP contribution < -0.4 is 5.43 Å². The van der Waals surface area contributed by atoms with E-state index in [1.54, 1.807) is 30.5 Å². The lowest BCUT2D eigenvalue weighted by atomic mass is 10.1. The molecule has 0 fully saturated rings. The summed E-state index contributed by atoms with van der Waals surface area (Å²) in [7, 11) is 0. The molecule has 5 aromatic rings. The smallest absolute Gasteiger partial charge is 0.281 e. The summed E-state index contributed by atoms with van der Waals surface area (Å²) in [5, 5.41) is 27.7. The Hall–Kier alpha value is -4.90. The molecule has 2 heterocycles. The number of aromatic nitrogens is 1. The highest BCUT2D eigenvalue weighted by molar-refractivity contribution is 7.20. The number of nitro benzene ring substituents is 2. The van der Waals surface area contributed by atoms with E-state index in [9.17, 15) is 25.0 Å². The first-order valence-electron chi connectivity index (χ1n) is 11.1. The molecule has 10 nitrogen and oxygen atoms in total. The van der Waals surface area contributed by atoms with Gasteiger partial charge in [-0.3, -0.25) is 25.0 Å². The van der Waals surface area contributed by atoms with Gasteiger partial charge in [0.05, 0.1) is 20.9 Å². The van der Waals surface area contributed by atoms with Crippen LogP contribution in [-0.4, -0.2) is 26.5 Å². The Morgan fingerprint density at radius 1 is 1.00 bits per heavy atom. The van der Waals surface area contributed by atoms with Crippen molar-refractivity contribution in [1.82, 2.24) is 9.99 Å². The van der Waals surface area contributed by atoms with E-state index >= 15 is 0 Å². The molecule has 0 radical (unpaired) electrons. The highest BCUT2D eigenvalue weighted by atomic mass is 32.1. The number of amides is 1. The summed E-state index contributed by atoms with van der Waals surface area (Å²) < 4.78 is 2.86. The van der Waals surface area contributed by atoms with Gasteiger partial charge in [0.2, 0.25) is 0 Å². The number of benzene rings is 3. The van der Waals surface area contributed by atoms with Crippen molar-refractivity contribution < 1.29 is 14.6 Å². The number of carbonyl (C=O) groups is 1. The molecule has 0 aliphatic heterocycles. The fourth-order valence-electron chi connectivity index (χ4n) is 4.20. The van der Waals surface area contributed by atoms with Gasteiger partial charge < -0.3 is 4.57 Å². The molecule has 1 amide bonds. The van der Waals surface area contributed by atoms with Gasteiger partial charge in [-0.05, 0) is 30.7 Å². The number of nitrogens with zero attached hydrogens (tertiary/aromatic N) is 4. The maximum atomic E-state index is 12.7. The van der Waals surface area contributed by atoms with Gasteiger partial charge in [-0.15, -0.1) is 11.3 Å². The SMILES string of the molecule is Cc1c(/C=N\NC(=O)c2cc3cc([N+](=O)[O-])ccc3s2)c2ccccc2n1Cc1ccc([N+](=O)[O-])cc1. The largest absolute Gasteiger partial charge is 0.340 e. The van der Waals surface area contributed by atoms with Crippen LogP contribution in [0.2, 0.25) is 0 Å². The predicted molar refractivity (Wildman–Crippen MR) is 142 cm³/mol. The molecule has 0 spiro atoms. The molecule has 0 bridgehead atoms. The zero-order valence-corrected chi connectivity index (χ0v) is 20.3. The maximum absolute atomic E-state index is 12.7. The average Bonchev–Trinajstić information content (AvgIpc) is 3.43. The molecule has 0 aliphatic carbocycles. The monoisotopic (exact) mass is 513 g/mol. The number of hydrogen-bond acceptors (Lipinski definition) is 7. The molecular weight excluding hydrogens is 494 g/mol. The van der Waals surface area contributed by atoms with Crippen molar-refractivity contribution in [2.75, 3.05) is 0 Å². The van der Waals surface area contributed by atoms with E-state index in [-0.39, 0.29) is 11.4 Å².